The summed E-state index contributed by atoms with van der Waals surface area (Å²) in [6, 6.07) is 0. The zero-order chi connectivity index (χ0) is 20.8. The summed E-state index contributed by atoms with van der Waals surface area (Å²) >= 11 is 0. The highest BCUT2D eigenvalue weighted by atomic mass is 16.5. The third kappa shape index (κ3) is 29.4. The summed E-state index contributed by atoms with van der Waals surface area (Å²) in [7, 11) is 0. The number of hydroxylamine groups is 1. The van der Waals surface area contributed by atoms with Crippen LogP contribution in [0.1, 0.15) is 110 Å². The van der Waals surface area contributed by atoms with Crippen LogP contribution >= 0.6 is 0 Å². The average Bonchev–Trinajstić information content (AvgIpc) is 2.63. The van der Waals surface area contributed by atoms with Gasteiger partial charge in [0.05, 0.1) is 0 Å². The van der Waals surface area contributed by atoms with E-state index in [2.05, 4.69) is 6.92 Å². The van der Waals surface area contributed by atoms with Crippen molar-refractivity contribution >= 4 is 17.8 Å². The zero-order valence-electron chi connectivity index (χ0n) is 17.0. The minimum atomic E-state index is -0.655. The van der Waals surface area contributed by atoms with E-state index in [0.717, 1.165) is 12.8 Å². The number of carboxylic acids is 1. The second-order valence-corrected chi connectivity index (χ2v) is 6.89. The van der Waals surface area contributed by atoms with E-state index in [1.54, 1.807) is 0 Å². The Morgan fingerprint density at radius 1 is 0.704 bits per heavy atom. The number of nitrogens with one attached hydrogen (secondary N) is 1. The van der Waals surface area contributed by atoms with Gasteiger partial charge in [0.15, 0.2) is 0 Å². The molecule has 0 heterocycles. The predicted octanol–water partition coefficient (Wildman–Crippen LogP) is 4.31. The average molecular weight is 389 g/mol. The van der Waals surface area contributed by atoms with Crippen LogP contribution in [0, 0.1) is 0 Å². The van der Waals surface area contributed by atoms with Crippen LogP contribution in [0.2, 0.25) is 0 Å². The number of hydrogen-bond acceptors (Lipinski definition) is 4. The van der Waals surface area contributed by atoms with Gasteiger partial charge in [-0.15, -0.1) is 0 Å². The first-order valence-electron chi connectivity index (χ1n) is 10.4. The van der Waals surface area contributed by atoms with Crippen LogP contribution in [0.15, 0.2) is 0 Å². The Hall–Kier alpha value is -1.63. The van der Waals surface area contributed by atoms with Crippen molar-refractivity contribution in [2.45, 2.75) is 110 Å². The summed E-state index contributed by atoms with van der Waals surface area (Å²) in [5.41, 5.74) is 6.07. The molecule has 0 aromatic rings. The summed E-state index contributed by atoms with van der Waals surface area (Å²) in [5.74, 6) is -1.81. The monoisotopic (exact) mass is 388 g/mol. The Kier molecular flexibility index (Phi) is 22.9. The molecule has 0 aliphatic carbocycles. The second-order valence-electron chi connectivity index (χ2n) is 6.89. The van der Waals surface area contributed by atoms with Crippen molar-refractivity contribution in [3.63, 3.8) is 0 Å². The lowest BCUT2D eigenvalue weighted by molar-refractivity contribution is -0.137. The molecule has 5 N–H and O–H groups in total. The van der Waals surface area contributed by atoms with Crippen LogP contribution in [0.25, 0.3) is 0 Å². The van der Waals surface area contributed by atoms with Gasteiger partial charge in [-0.25, -0.2) is 5.48 Å². The standard InChI is InChI=1S/C16H32O2.C4H8N2O3/c1-2-3-4-5-6-7-8-9-10-11-12-13-14-15-16(17)18;5-3(7)1-2-4(8)6-9/h2-15H2,1H3,(H,17,18);9H,1-2H2,(H2,5,7)(H,6,8). The van der Waals surface area contributed by atoms with Gasteiger partial charge in [-0.2, -0.15) is 0 Å². The minimum absolute atomic E-state index is 0.0353. The van der Waals surface area contributed by atoms with E-state index in [1.165, 1.54) is 76.1 Å². The number of unbranched alkanes of at least 4 members (excludes halogenated alkanes) is 12. The number of rotatable bonds is 17. The number of carbonyl (C=O) groups is 3. The summed E-state index contributed by atoms with van der Waals surface area (Å²) in [6.07, 6.45) is 17.2. The van der Waals surface area contributed by atoms with Gasteiger partial charge < -0.3 is 10.8 Å². The number of aliphatic carboxylic acids is 1. The van der Waals surface area contributed by atoms with Crippen molar-refractivity contribution in [1.82, 2.24) is 5.48 Å². The van der Waals surface area contributed by atoms with Crippen molar-refractivity contribution < 1.29 is 24.7 Å². The van der Waals surface area contributed by atoms with E-state index in [9.17, 15) is 14.4 Å². The maximum absolute atomic E-state index is 10.3. The Balaban J connectivity index is 0. The second kappa shape index (κ2) is 22.4. The van der Waals surface area contributed by atoms with Gasteiger partial charge in [0.2, 0.25) is 11.8 Å². The highest BCUT2D eigenvalue weighted by molar-refractivity contribution is 5.82. The number of nitrogens with two attached hydrogens (primary N) is 1. The number of carbonyl (C=O) groups excluding carboxylic acids is 2. The molecule has 2 amide bonds. The SMILES string of the molecule is CCCCCCCCCCCCCCCC(=O)O.NC(=O)CCC(=O)NO. The first kappa shape index (κ1) is 27.6. The van der Waals surface area contributed by atoms with Gasteiger partial charge in [-0.1, -0.05) is 84.0 Å². The Labute approximate surface area is 164 Å². The minimum Gasteiger partial charge on any atom is -0.481 e. The van der Waals surface area contributed by atoms with Crippen molar-refractivity contribution in [1.29, 1.82) is 0 Å². The van der Waals surface area contributed by atoms with Crippen molar-refractivity contribution in [2.24, 2.45) is 5.73 Å². The van der Waals surface area contributed by atoms with Gasteiger partial charge in [0.1, 0.15) is 0 Å². The molecule has 0 fully saturated rings. The van der Waals surface area contributed by atoms with Gasteiger partial charge in [0.25, 0.3) is 0 Å². The molecule has 7 heteroatoms. The van der Waals surface area contributed by atoms with Crippen LogP contribution in [-0.4, -0.2) is 28.1 Å². The Morgan fingerprint density at radius 3 is 1.44 bits per heavy atom. The van der Waals surface area contributed by atoms with E-state index in [0.29, 0.717) is 6.42 Å². The van der Waals surface area contributed by atoms with Crippen LogP contribution in [0.5, 0.6) is 0 Å². The molecule has 0 rings (SSSR count). The smallest absolute Gasteiger partial charge is 0.303 e. The predicted molar refractivity (Wildman–Crippen MR) is 106 cm³/mol. The summed E-state index contributed by atoms with van der Waals surface area (Å²) in [6.45, 7) is 2.26. The number of hydrogen-bond donors (Lipinski definition) is 4. The highest BCUT2D eigenvalue weighted by Crippen LogP contribution is 2.12. The molecule has 7 nitrogen and oxygen atoms in total. The first-order chi connectivity index (χ1) is 12.9. The fourth-order valence-corrected chi connectivity index (χ4v) is 2.59. The Morgan fingerprint density at radius 2 is 1.11 bits per heavy atom. The molecule has 0 saturated carbocycles. The summed E-state index contributed by atoms with van der Waals surface area (Å²) < 4.78 is 0. The van der Waals surface area contributed by atoms with Gasteiger partial charge in [-0.05, 0) is 6.42 Å². The van der Waals surface area contributed by atoms with Crippen LogP contribution in [0.4, 0.5) is 0 Å². The van der Waals surface area contributed by atoms with Gasteiger partial charge >= 0.3 is 5.97 Å². The van der Waals surface area contributed by atoms with Gasteiger partial charge in [-0.3, -0.25) is 19.6 Å². The van der Waals surface area contributed by atoms with E-state index in [4.69, 9.17) is 16.0 Å². The van der Waals surface area contributed by atoms with Gasteiger partial charge in [0, 0.05) is 19.3 Å². The number of carboxylic acid groups (broad SMARTS) is 1. The zero-order valence-corrected chi connectivity index (χ0v) is 17.0. The molecule has 0 aromatic carbocycles. The van der Waals surface area contributed by atoms with E-state index in [1.807, 2.05) is 0 Å². The number of amides is 2. The molecule has 0 unspecified atom stereocenters. The van der Waals surface area contributed by atoms with E-state index < -0.39 is 17.8 Å². The normalized spacial score (nSPS) is 10.0. The maximum Gasteiger partial charge on any atom is 0.303 e. The van der Waals surface area contributed by atoms with E-state index >= 15 is 0 Å². The molecular weight excluding hydrogens is 348 g/mol. The molecule has 160 valence electrons. The fourth-order valence-electron chi connectivity index (χ4n) is 2.59. The van der Waals surface area contributed by atoms with Crippen LogP contribution in [-0.2, 0) is 14.4 Å². The quantitative estimate of drug-likeness (QED) is 0.168. The fraction of sp³-hybridized carbons (Fsp3) is 0.850. The van der Waals surface area contributed by atoms with E-state index in [-0.39, 0.29) is 12.8 Å². The van der Waals surface area contributed by atoms with Crippen molar-refractivity contribution in [3.8, 4) is 0 Å². The highest BCUT2D eigenvalue weighted by Gasteiger charge is 2.00. The molecule has 0 atom stereocenters. The molecule has 0 bridgehead atoms. The molecule has 0 saturated heterocycles. The van der Waals surface area contributed by atoms with Crippen LogP contribution in [0.3, 0.4) is 0 Å². The molecule has 0 spiro atoms. The molecule has 0 radical (unpaired) electrons. The van der Waals surface area contributed by atoms with Crippen LogP contribution < -0.4 is 11.2 Å². The molecular formula is C20H40N2O5. The molecule has 27 heavy (non-hydrogen) atoms. The van der Waals surface area contributed by atoms with Crippen molar-refractivity contribution in [2.75, 3.05) is 0 Å². The summed E-state index contributed by atoms with van der Waals surface area (Å²) in [5, 5.41) is 16.4. The lowest BCUT2D eigenvalue weighted by Gasteiger charge is -2.02. The molecule has 0 aliphatic heterocycles. The molecule has 0 aliphatic rings. The molecule has 0 aromatic heterocycles. The van der Waals surface area contributed by atoms with Crippen molar-refractivity contribution in [3.05, 3.63) is 0 Å². The maximum atomic E-state index is 10.3. The first-order valence-corrected chi connectivity index (χ1v) is 10.4. The third-order valence-electron chi connectivity index (χ3n) is 4.22. The third-order valence-corrected chi connectivity index (χ3v) is 4.22. The lowest BCUT2D eigenvalue weighted by Crippen LogP contribution is -2.21. The Bertz CT molecular complexity index is 375. The summed E-state index contributed by atoms with van der Waals surface area (Å²) in [4.78, 5) is 30.4. The topological polar surface area (TPSA) is 130 Å². The lowest BCUT2D eigenvalue weighted by atomic mass is 10.0. The largest absolute Gasteiger partial charge is 0.481 e. The number of primary amides is 1.